The second-order valence-corrected chi connectivity index (χ2v) is 4.70. The van der Waals surface area contributed by atoms with E-state index in [1.165, 1.54) is 11.1 Å². The average Bonchev–Trinajstić information content (AvgIpc) is 2.48. The molecule has 0 bridgehead atoms. The summed E-state index contributed by atoms with van der Waals surface area (Å²) in [6.07, 6.45) is 1.46. The summed E-state index contributed by atoms with van der Waals surface area (Å²) in [6, 6.07) is 11.1. The van der Waals surface area contributed by atoms with E-state index in [2.05, 4.69) is 4.98 Å². The van der Waals surface area contributed by atoms with Crippen LogP contribution in [0.2, 0.25) is 0 Å². The minimum Gasteiger partial charge on any atom is -0.296 e. The molecule has 0 saturated carbocycles. The van der Waals surface area contributed by atoms with E-state index in [4.69, 9.17) is 5.26 Å². The fourth-order valence-electron chi connectivity index (χ4n) is 1.90. The molecule has 0 radical (unpaired) electrons. The normalized spacial score (nSPS) is 9.90. The van der Waals surface area contributed by atoms with Crippen LogP contribution in [0.15, 0.2) is 36.5 Å². The number of hydrogen-bond acceptors (Lipinski definition) is 3. The number of aryl methyl sites for hydroxylation is 2. The number of benzene rings is 1. The maximum atomic E-state index is 12.5. The van der Waals surface area contributed by atoms with Crippen LogP contribution in [-0.4, -0.2) is 17.9 Å². The Kier molecular flexibility index (Phi) is 3.81. The maximum Gasteiger partial charge on any atom is 0.259 e. The number of aromatic nitrogens is 1. The van der Waals surface area contributed by atoms with Crippen molar-refractivity contribution >= 4 is 11.7 Å². The van der Waals surface area contributed by atoms with E-state index in [0.717, 1.165) is 11.1 Å². The third-order valence-electron chi connectivity index (χ3n) is 3.15. The number of nitrogens with zero attached hydrogens (tertiary/aromatic N) is 3. The second kappa shape index (κ2) is 5.54. The smallest absolute Gasteiger partial charge is 0.259 e. The Hall–Kier alpha value is -2.67. The van der Waals surface area contributed by atoms with Crippen LogP contribution < -0.4 is 4.90 Å². The molecule has 1 heterocycles. The quantitative estimate of drug-likeness (QED) is 0.839. The van der Waals surface area contributed by atoms with E-state index in [-0.39, 0.29) is 5.91 Å². The van der Waals surface area contributed by atoms with Gasteiger partial charge in [0.15, 0.2) is 0 Å². The van der Waals surface area contributed by atoms with Gasteiger partial charge in [-0.1, -0.05) is 17.7 Å². The van der Waals surface area contributed by atoms with Gasteiger partial charge < -0.3 is 0 Å². The zero-order valence-corrected chi connectivity index (χ0v) is 11.7. The van der Waals surface area contributed by atoms with Crippen LogP contribution in [0, 0.1) is 25.2 Å². The number of rotatable bonds is 2. The molecule has 1 aromatic carbocycles. The largest absolute Gasteiger partial charge is 0.296 e. The summed E-state index contributed by atoms with van der Waals surface area (Å²) >= 11 is 0. The Morgan fingerprint density at radius 1 is 1.25 bits per heavy atom. The molecule has 20 heavy (non-hydrogen) atoms. The zero-order valence-electron chi connectivity index (χ0n) is 11.7. The van der Waals surface area contributed by atoms with Crippen molar-refractivity contribution in [1.82, 2.24) is 4.98 Å². The molecule has 0 unspecified atom stereocenters. The number of amides is 1. The predicted molar refractivity (Wildman–Crippen MR) is 77.6 cm³/mol. The van der Waals surface area contributed by atoms with E-state index < -0.39 is 0 Å². The summed E-state index contributed by atoms with van der Waals surface area (Å²) in [4.78, 5) is 18.1. The fourth-order valence-corrected chi connectivity index (χ4v) is 1.90. The maximum absolute atomic E-state index is 12.5. The van der Waals surface area contributed by atoms with Crippen LogP contribution >= 0.6 is 0 Å². The monoisotopic (exact) mass is 265 g/mol. The molecule has 1 amide bonds. The van der Waals surface area contributed by atoms with Gasteiger partial charge in [-0.2, -0.15) is 5.26 Å². The van der Waals surface area contributed by atoms with Crippen LogP contribution in [0.5, 0.6) is 0 Å². The van der Waals surface area contributed by atoms with Gasteiger partial charge in [-0.15, -0.1) is 0 Å². The zero-order chi connectivity index (χ0) is 14.7. The average molecular weight is 265 g/mol. The molecule has 4 heteroatoms. The first-order valence-corrected chi connectivity index (χ1v) is 6.24. The minimum absolute atomic E-state index is 0.108. The fraction of sp³-hybridized carbons (Fsp3) is 0.188. The van der Waals surface area contributed by atoms with Gasteiger partial charge in [0.1, 0.15) is 11.9 Å². The van der Waals surface area contributed by atoms with Crippen molar-refractivity contribution in [3.05, 3.63) is 58.8 Å². The highest BCUT2D eigenvalue weighted by atomic mass is 16.2. The molecule has 4 nitrogen and oxygen atoms in total. The molecular weight excluding hydrogens is 250 g/mol. The highest BCUT2D eigenvalue weighted by Gasteiger charge is 2.16. The molecule has 2 aromatic rings. The standard InChI is InChI=1S/C16H15N3O/c1-11-4-5-12(2)14(8-11)16(20)19(3)15-7-6-13(9-17)10-18-15/h4-8,10H,1-3H3. The van der Waals surface area contributed by atoms with Gasteiger partial charge in [-0.25, -0.2) is 4.98 Å². The molecule has 0 aliphatic rings. The highest BCUT2D eigenvalue weighted by molar-refractivity contribution is 6.06. The Morgan fingerprint density at radius 2 is 2.00 bits per heavy atom. The topological polar surface area (TPSA) is 57.0 Å². The highest BCUT2D eigenvalue weighted by Crippen LogP contribution is 2.17. The minimum atomic E-state index is -0.108. The van der Waals surface area contributed by atoms with Gasteiger partial charge >= 0.3 is 0 Å². The summed E-state index contributed by atoms with van der Waals surface area (Å²) in [5, 5.41) is 8.75. The third kappa shape index (κ3) is 2.67. The molecule has 0 N–H and O–H groups in total. The van der Waals surface area contributed by atoms with Crippen molar-refractivity contribution in [2.75, 3.05) is 11.9 Å². The first-order valence-electron chi connectivity index (χ1n) is 6.24. The number of anilines is 1. The molecule has 0 fully saturated rings. The molecule has 1 aromatic heterocycles. The third-order valence-corrected chi connectivity index (χ3v) is 3.15. The van der Waals surface area contributed by atoms with Crippen LogP contribution in [0.4, 0.5) is 5.82 Å². The summed E-state index contributed by atoms with van der Waals surface area (Å²) in [5.74, 6) is 0.415. The molecule has 2 rings (SSSR count). The van der Waals surface area contributed by atoms with Crippen molar-refractivity contribution in [3.8, 4) is 6.07 Å². The summed E-state index contributed by atoms with van der Waals surface area (Å²) in [5.41, 5.74) is 3.11. The molecule has 0 spiro atoms. The van der Waals surface area contributed by atoms with E-state index in [0.29, 0.717) is 16.9 Å². The lowest BCUT2D eigenvalue weighted by Gasteiger charge is -2.17. The first kappa shape index (κ1) is 13.8. The number of pyridine rings is 1. The van der Waals surface area contributed by atoms with E-state index in [1.807, 2.05) is 38.1 Å². The van der Waals surface area contributed by atoms with Gasteiger partial charge in [-0.3, -0.25) is 9.69 Å². The van der Waals surface area contributed by atoms with Crippen molar-refractivity contribution < 1.29 is 4.79 Å². The van der Waals surface area contributed by atoms with Crippen LogP contribution in [0.3, 0.4) is 0 Å². The summed E-state index contributed by atoms with van der Waals surface area (Å²) < 4.78 is 0. The van der Waals surface area contributed by atoms with Crippen molar-refractivity contribution in [2.45, 2.75) is 13.8 Å². The van der Waals surface area contributed by atoms with E-state index >= 15 is 0 Å². The second-order valence-electron chi connectivity index (χ2n) is 4.70. The Morgan fingerprint density at radius 3 is 2.60 bits per heavy atom. The van der Waals surface area contributed by atoms with Crippen molar-refractivity contribution in [3.63, 3.8) is 0 Å². The lowest BCUT2D eigenvalue weighted by Crippen LogP contribution is -2.27. The van der Waals surface area contributed by atoms with Crippen molar-refractivity contribution in [2.24, 2.45) is 0 Å². The van der Waals surface area contributed by atoms with Crippen molar-refractivity contribution in [1.29, 1.82) is 5.26 Å². The number of carbonyl (C=O) groups is 1. The lowest BCUT2D eigenvalue weighted by molar-refractivity contribution is 0.0991. The SMILES string of the molecule is Cc1ccc(C)c(C(=O)N(C)c2ccc(C#N)cn2)c1. The van der Waals surface area contributed by atoms with Gasteiger partial charge in [-0.05, 0) is 37.6 Å². The van der Waals surface area contributed by atoms with Crippen LogP contribution in [0.1, 0.15) is 27.0 Å². The Labute approximate surface area is 118 Å². The van der Waals surface area contributed by atoms with Crippen LogP contribution in [-0.2, 0) is 0 Å². The van der Waals surface area contributed by atoms with Gasteiger partial charge in [0.2, 0.25) is 0 Å². The lowest BCUT2D eigenvalue weighted by atomic mass is 10.0. The molecule has 0 saturated heterocycles. The number of carbonyl (C=O) groups excluding carboxylic acids is 1. The summed E-state index contributed by atoms with van der Waals surface area (Å²) in [7, 11) is 1.68. The molecular formula is C16H15N3O. The molecule has 0 aliphatic heterocycles. The van der Waals surface area contributed by atoms with Gasteiger partial charge in [0, 0.05) is 18.8 Å². The van der Waals surface area contributed by atoms with Gasteiger partial charge in [0.05, 0.1) is 5.56 Å². The van der Waals surface area contributed by atoms with Crippen LogP contribution in [0.25, 0.3) is 0 Å². The molecule has 100 valence electrons. The first-order chi connectivity index (χ1) is 9.52. The van der Waals surface area contributed by atoms with E-state index in [9.17, 15) is 4.79 Å². The number of nitriles is 1. The molecule has 0 aliphatic carbocycles. The number of hydrogen-bond donors (Lipinski definition) is 0. The van der Waals surface area contributed by atoms with E-state index in [1.54, 1.807) is 19.2 Å². The molecule has 0 atom stereocenters. The predicted octanol–water partition coefficient (Wildman–Crippen LogP) is 2.85. The van der Waals surface area contributed by atoms with Gasteiger partial charge in [0.25, 0.3) is 5.91 Å². The Balaban J connectivity index is 2.32. The summed E-state index contributed by atoms with van der Waals surface area (Å²) in [6.45, 7) is 3.86. The Bertz CT molecular complexity index is 684.